The second-order valence-electron chi connectivity index (χ2n) is 8.31. The number of carbonyl (C=O) groups excluding carboxylic acids is 2. The van der Waals surface area contributed by atoms with Crippen LogP contribution in [0.2, 0.25) is 5.02 Å². The summed E-state index contributed by atoms with van der Waals surface area (Å²) in [6.07, 6.45) is 1.10. The normalized spacial score (nSPS) is 30.7. The van der Waals surface area contributed by atoms with Crippen molar-refractivity contribution in [3.63, 3.8) is 0 Å². The largest absolute Gasteiger partial charge is 0.496 e. The van der Waals surface area contributed by atoms with Crippen molar-refractivity contribution in [2.45, 2.75) is 24.9 Å². The molecule has 2 aromatic carbocycles. The zero-order valence-corrected chi connectivity index (χ0v) is 17.4. The zero-order valence-electron chi connectivity index (χ0n) is 16.7. The standard InChI is InChI=1S/C23H24ClN3O3/c1-30-20-5-3-2-4-16(20)13-10-17-18(19(28)11-13)12-25-22-21(17)23(29)27(26-22)15-8-6-14(24)7-9-15/h2-9,13,17-18,21-22,25-26H,10-12H2,1H3. The Morgan fingerprint density at radius 2 is 1.87 bits per heavy atom. The van der Waals surface area contributed by atoms with Crippen LogP contribution in [-0.4, -0.2) is 31.5 Å². The van der Waals surface area contributed by atoms with Gasteiger partial charge in [-0.05, 0) is 54.2 Å². The summed E-state index contributed by atoms with van der Waals surface area (Å²) in [5, 5.41) is 5.60. The monoisotopic (exact) mass is 425 g/mol. The van der Waals surface area contributed by atoms with Gasteiger partial charge in [0.15, 0.2) is 0 Å². The highest BCUT2D eigenvalue weighted by Crippen LogP contribution is 2.47. The fraction of sp³-hybridized carbons (Fsp3) is 0.391. The molecule has 3 aliphatic rings. The predicted molar refractivity (Wildman–Crippen MR) is 114 cm³/mol. The number of piperidine rings is 1. The van der Waals surface area contributed by atoms with Gasteiger partial charge < -0.3 is 4.74 Å². The predicted octanol–water partition coefficient (Wildman–Crippen LogP) is 3.12. The summed E-state index contributed by atoms with van der Waals surface area (Å²) >= 11 is 6.00. The highest BCUT2D eigenvalue weighted by Gasteiger charge is 2.54. The lowest BCUT2D eigenvalue weighted by atomic mass is 9.64. The molecule has 0 aromatic heterocycles. The number of para-hydroxylation sites is 1. The number of rotatable bonds is 3. The summed E-state index contributed by atoms with van der Waals surface area (Å²) in [4.78, 5) is 26.5. The molecule has 156 valence electrons. The van der Waals surface area contributed by atoms with E-state index in [0.717, 1.165) is 23.4 Å². The number of carbonyl (C=O) groups is 2. The fourth-order valence-corrected chi connectivity index (χ4v) is 5.46. The average Bonchev–Trinajstić information content (AvgIpc) is 3.11. The third-order valence-corrected chi connectivity index (χ3v) is 7.00. The molecule has 2 aliphatic heterocycles. The van der Waals surface area contributed by atoms with Crippen molar-refractivity contribution in [3.05, 3.63) is 59.1 Å². The van der Waals surface area contributed by atoms with Crippen LogP contribution in [0.1, 0.15) is 24.3 Å². The first kappa shape index (κ1) is 19.5. The molecule has 5 unspecified atom stereocenters. The molecule has 7 heteroatoms. The molecule has 2 N–H and O–H groups in total. The lowest BCUT2D eigenvalue weighted by molar-refractivity contribution is -0.133. The number of hydrogen-bond donors (Lipinski definition) is 2. The number of nitrogens with zero attached hydrogens (tertiary/aromatic N) is 1. The summed E-state index contributed by atoms with van der Waals surface area (Å²) in [6.45, 7) is 0.595. The maximum atomic E-state index is 13.4. The number of fused-ring (bicyclic) bond motifs is 3. The summed E-state index contributed by atoms with van der Waals surface area (Å²) in [6, 6.07) is 15.1. The SMILES string of the molecule is COc1ccccc1C1CC(=O)C2CNC3NN(c4ccc(Cl)cc4)C(=O)C3C2C1. The molecule has 2 heterocycles. The Hall–Kier alpha value is -2.41. The fourth-order valence-electron chi connectivity index (χ4n) is 5.34. The van der Waals surface area contributed by atoms with Gasteiger partial charge in [0.1, 0.15) is 11.5 Å². The number of ketones is 1. The van der Waals surface area contributed by atoms with E-state index in [2.05, 4.69) is 10.7 Å². The number of halogens is 1. The van der Waals surface area contributed by atoms with Gasteiger partial charge in [0, 0.05) is 23.9 Å². The summed E-state index contributed by atoms with van der Waals surface area (Å²) in [5.74, 6) is 0.659. The van der Waals surface area contributed by atoms with Crippen LogP contribution in [0.3, 0.4) is 0 Å². The molecule has 1 amide bonds. The van der Waals surface area contributed by atoms with E-state index in [1.807, 2.05) is 36.4 Å². The van der Waals surface area contributed by atoms with E-state index in [-0.39, 0.29) is 41.5 Å². The van der Waals surface area contributed by atoms with Crippen molar-refractivity contribution in [1.82, 2.24) is 10.7 Å². The first-order chi connectivity index (χ1) is 14.6. The smallest absolute Gasteiger partial charge is 0.247 e. The minimum Gasteiger partial charge on any atom is -0.496 e. The number of nitrogens with one attached hydrogen (secondary N) is 2. The molecule has 5 rings (SSSR count). The molecule has 3 fully saturated rings. The van der Waals surface area contributed by atoms with Crippen LogP contribution >= 0.6 is 11.6 Å². The van der Waals surface area contributed by atoms with Gasteiger partial charge in [-0.15, -0.1) is 0 Å². The quantitative estimate of drug-likeness (QED) is 0.790. The molecule has 2 aromatic rings. The Labute approximate surface area is 180 Å². The molecular weight excluding hydrogens is 402 g/mol. The number of benzene rings is 2. The molecule has 0 spiro atoms. The molecule has 2 saturated heterocycles. The second-order valence-corrected chi connectivity index (χ2v) is 8.74. The third kappa shape index (κ3) is 3.20. The van der Waals surface area contributed by atoms with Gasteiger partial charge >= 0.3 is 0 Å². The molecule has 1 aliphatic carbocycles. The van der Waals surface area contributed by atoms with Crippen molar-refractivity contribution in [1.29, 1.82) is 0 Å². The van der Waals surface area contributed by atoms with E-state index in [0.29, 0.717) is 18.0 Å². The molecule has 6 nitrogen and oxygen atoms in total. The number of ether oxygens (including phenoxy) is 1. The van der Waals surface area contributed by atoms with Gasteiger partial charge in [0.05, 0.1) is 24.9 Å². The van der Waals surface area contributed by atoms with E-state index < -0.39 is 0 Å². The molecule has 30 heavy (non-hydrogen) atoms. The van der Waals surface area contributed by atoms with Gasteiger partial charge in [0.25, 0.3) is 0 Å². The van der Waals surface area contributed by atoms with Gasteiger partial charge in [-0.25, -0.2) is 10.4 Å². The van der Waals surface area contributed by atoms with Crippen molar-refractivity contribution >= 4 is 29.0 Å². The number of Topliss-reactive ketones (excluding diaryl/α,β-unsaturated/α-hetero) is 1. The Morgan fingerprint density at radius 3 is 2.63 bits per heavy atom. The summed E-state index contributed by atoms with van der Waals surface area (Å²) in [5.41, 5.74) is 5.10. The van der Waals surface area contributed by atoms with Crippen molar-refractivity contribution in [2.75, 3.05) is 18.7 Å². The Kier molecular flexibility index (Phi) is 5.01. The molecule has 1 saturated carbocycles. The van der Waals surface area contributed by atoms with Crippen LogP contribution in [0.15, 0.2) is 48.5 Å². The maximum absolute atomic E-state index is 13.4. The van der Waals surface area contributed by atoms with E-state index in [4.69, 9.17) is 16.3 Å². The molecular formula is C23H24ClN3O3. The van der Waals surface area contributed by atoms with Crippen LogP contribution < -0.4 is 20.5 Å². The number of amides is 1. The average molecular weight is 426 g/mol. The number of hydrogen-bond acceptors (Lipinski definition) is 5. The minimum atomic E-state index is -0.291. The highest BCUT2D eigenvalue weighted by atomic mass is 35.5. The van der Waals surface area contributed by atoms with Crippen molar-refractivity contribution < 1.29 is 14.3 Å². The summed E-state index contributed by atoms with van der Waals surface area (Å²) in [7, 11) is 1.65. The molecule has 0 radical (unpaired) electrons. The Bertz CT molecular complexity index is 980. The topological polar surface area (TPSA) is 70.7 Å². The van der Waals surface area contributed by atoms with Crippen LogP contribution in [0.25, 0.3) is 0 Å². The van der Waals surface area contributed by atoms with Crippen LogP contribution in [-0.2, 0) is 9.59 Å². The van der Waals surface area contributed by atoms with Gasteiger partial charge in [-0.3, -0.25) is 14.9 Å². The van der Waals surface area contributed by atoms with Crippen LogP contribution in [0, 0.1) is 17.8 Å². The van der Waals surface area contributed by atoms with E-state index in [9.17, 15) is 9.59 Å². The van der Waals surface area contributed by atoms with E-state index in [1.54, 1.807) is 24.3 Å². The molecule has 5 atom stereocenters. The van der Waals surface area contributed by atoms with Crippen molar-refractivity contribution in [3.8, 4) is 5.75 Å². The van der Waals surface area contributed by atoms with Crippen molar-refractivity contribution in [2.24, 2.45) is 17.8 Å². The minimum absolute atomic E-state index is 0.00185. The first-order valence-corrected chi connectivity index (χ1v) is 10.7. The van der Waals surface area contributed by atoms with Gasteiger partial charge in [-0.2, -0.15) is 0 Å². The molecule has 0 bridgehead atoms. The lowest BCUT2D eigenvalue weighted by Crippen LogP contribution is -2.57. The van der Waals surface area contributed by atoms with Gasteiger partial charge in [-0.1, -0.05) is 29.8 Å². The van der Waals surface area contributed by atoms with Crippen LogP contribution in [0.4, 0.5) is 5.69 Å². The highest BCUT2D eigenvalue weighted by molar-refractivity contribution is 6.30. The third-order valence-electron chi connectivity index (χ3n) is 6.75. The van der Waals surface area contributed by atoms with E-state index >= 15 is 0 Å². The first-order valence-electron chi connectivity index (χ1n) is 10.3. The van der Waals surface area contributed by atoms with Crippen LogP contribution in [0.5, 0.6) is 5.75 Å². The van der Waals surface area contributed by atoms with E-state index in [1.165, 1.54) is 0 Å². The second kappa shape index (κ2) is 7.69. The Morgan fingerprint density at radius 1 is 1.10 bits per heavy atom. The maximum Gasteiger partial charge on any atom is 0.247 e. The van der Waals surface area contributed by atoms with Gasteiger partial charge in [0.2, 0.25) is 5.91 Å². The number of methoxy groups -OCH3 is 1. The zero-order chi connectivity index (χ0) is 20.8. The number of hydrazine groups is 1. The summed E-state index contributed by atoms with van der Waals surface area (Å²) < 4.78 is 5.54. The number of anilines is 1. The lowest BCUT2D eigenvalue weighted by Gasteiger charge is -2.43. The Balaban J connectivity index is 1.44.